The molecule has 2 unspecified atom stereocenters. The molecule has 24 heavy (non-hydrogen) atoms. The van der Waals surface area contributed by atoms with Crippen LogP contribution in [0.2, 0.25) is 0 Å². The van der Waals surface area contributed by atoms with Crippen LogP contribution in [0.5, 0.6) is 0 Å². The van der Waals surface area contributed by atoms with Crippen LogP contribution in [0.15, 0.2) is 42.0 Å². The lowest BCUT2D eigenvalue weighted by molar-refractivity contribution is -0.135. The van der Waals surface area contributed by atoms with Gasteiger partial charge in [0.25, 0.3) is 0 Å². The maximum absolute atomic E-state index is 5.75. The van der Waals surface area contributed by atoms with Crippen molar-refractivity contribution in [3.05, 3.63) is 47.5 Å². The molecule has 0 saturated carbocycles. The Hall–Kier alpha value is -1.16. The van der Waals surface area contributed by atoms with Crippen LogP contribution in [-0.4, -0.2) is 36.5 Å². The van der Waals surface area contributed by atoms with Crippen molar-refractivity contribution in [3.63, 3.8) is 0 Å². The average Bonchev–Trinajstić information content (AvgIpc) is 2.57. The molecule has 0 radical (unpaired) electrons. The van der Waals surface area contributed by atoms with Crippen LogP contribution in [0.1, 0.15) is 51.5 Å². The van der Waals surface area contributed by atoms with Crippen LogP contribution < -0.4 is 0 Å². The summed E-state index contributed by atoms with van der Waals surface area (Å²) in [5, 5.41) is 0. The van der Waals surface area contributed by atoms with Crippen molar-refractivity contribution in [2.75, 3.05) is 13.2 Å². The fourth-order valence-electron chi connectivity index (χ4n) is 4.15. The summed E-state index contributed by atoms with van der Waals surface area (Å²) in [7, 11) is 0. The van der Waals surface area contributed by atoms with Gasteiger partial charge in [-0.05, 0) is 38.7 Å². The molecule has 1 aromatic carbocycles. The maximum Gasteiger partial charge on any atom is 0.161 e. The number of fused-ring (bicyclic) bond motifs is 2. The molecular formula is C21H31NO2. The molecule has 3 rings (SSSR count). The fourth-order valence-corrected chi connectivity index (χ4v) is 4.15. The summed E-state index contributed by atoms with van der Waals surface area (Å²) in [5.74, 6) is 0. The minimum atomic E-state index is -0.0763. The van der Waals surface area contributed by atoms with E-state index in [-0.39, 0.29) is 6.29 Å². The lowest BCUT2D eigenvalue weighted by Gasteiger charge is -2.45. The summed E-state index contributed by atoms with van der Waals surface area (Å²) in [6.45, 7) is 6.57. The van der Waals surface area contributed by atoms with Gasteiger partial charge < -0.3 is 9.47 Å². The third kappa shape index (κ3) is 4.47. The standard InChI is InChI=1S/C21H31NO2/c1-3-23-21(24-4-2)15-18-13-19-11-8-12-20(14-18)22(19)16-17-9-6-5-7-10-17/h5-7,9-10,13,19-21H,3-4,8,11-12,14-16H2,1-2H3. The lowest BCUT2D eigenvalue weighted by atomic mass is 9.83. The van der Waals surface area contributed by atoms with E-state index in [0.29, 0.717) is 25.3 Å². The summed E-state index contributed by atoms with van der Waals surface area (Å²) in [6, 6.07) is 12.1. The maximum atomic E-state index is 5.75. The zero-order valence-electron chi connectivity index (χ0n) is 15.1. The lowest BCUT2D eigenvalue weighted by Crippen LogP contribution is -2.48. The van der Waals surface area contributed by atoms with Crippen LogP contribution in [-0.2, 0) is 16.0 Å². The Morgan fingerprint density at radius 1 is 1.08 bits per heavy atom. The molecule has 2 bridgehead atoms. The zero-order chi connectivity index (χ0) is 16.8. The highest BCUT2D eigenvalue weighted by atomic mass is 16.7. The number of nitrogens with zero attached hydrogens (tertiary/aromatic N) is 1. The first-order valence-corrected chi connectivity index (χ1v) is 9.52. The first kappa shape index (κ1) is 17.7. The van der Waals surface area contributed by atoms with Gasteiger partial charge in [0.15, 0.2) is 6.29 Å². The van der Waals surface area contributed by atoms with Crippen molar-refractivity contribution in [2.24, 2.45) is 0 Å². The van der Waals surface area contributed by atoms with Gasteiger partial charge >= 0.3 is 0 Å². The van der Waals surface area contributed by atoms with E-state index in [2.05, 4.69) is 41.3 Å². The first-order chi connectivity index (χ1) is 11.8. The summed E-state index contributed by atoms with van der Waals surface area (Å²) < 4.78 is 11.5. The van der Waals surface area contributed by atoms with E-state index in [9.17, 15) is 0 Å². The van der Waals surface area contributed by atoms with Gasteiger partial charge in [-0.15, -0.1) is 0 Å². The number of ether oxygens (including phenoxy) is 2. The van der Waals surface area contributed by atoms with Gasteiger partial charge in [0.2, 0.25) is 0 Å². The summed E-state index contributed by atoms with van der Waals surface area (Å²) in [5.41, 5.74) is 2.95. The van der Waals surface area contributed by atoms with Gasteiger partial charge in [-0.3, -0.25) is 4.90 Å². The Balaban J connectivity index is 1.67. The molecule has 0 N–H and O–H groups in total. The molecule has 2 aliphatic heterocycles. The first-order valence-electron chi connectivity index (χ1n) is 9.52. The molecule has 2 heterocycles. The normalized spacial score (nSPS) is 24.2. The Labute approximate surface area is 146 Å². The van der Waals surface area contributed by atoms with Crippen LogP contribution in [0.4, 0.5) is 0 Å². The molecule has 1 aromatic rings. The van der Waals surface area contributed by atoms with Crippen LogP contribution in [0, 0.1) is 0 Å². The number of hydrogen-bond acceptors (Lipinski definition) is 3. The van der Waals surface area contributed by atoms with E-state index in [1.807, 2.05) is 13.8 Å². The molecule has 3 nitrogen and oxygen atoms in total. The van der Waals surface area contributed by atoms with E-state index >= 15 is 0 Å². The Kier molecular flexibility index (Phi) is 6.47. The molecule has 3 heteroatoms. The molecular weight excluding hydrogens is 298 g/mol. The topological polar surface area (TPSA) is 21.7 Å². The largest absolute Gasteiger partial charge is 0.353 e. The highest BCUT2D eigenvalue weighted by Gasteiger charge is 2.34. The van der Waals surface area contributed by atoms with Crippen molar-refractivity contribution in [1.29, 1.82) is 0 Å². The highest BCUT2D eigenvalue weighted by Crippen LogP contribution is 2.36. The molecule has 0 aliphatic carbocycles. The predicted molar refractivity (Wildman–Crippen MR) is 97.8 cm³/mol. The fraction of sp³-hybridized carbons (Fsp3) is 0.619. The Bertz CT molecular complexity index is 522. The third-order valence-corrected chi connectivity index (χ3v) is 5.20. The monoisotopic (exact) mass is 329 g/mol. The molecule has 1 fully saturated rings. The van der Waals surface area contributed by atoms with Crippen molar-refractivity contribution < 1.29 is 9.47 Å². The van der Waals surface area contributed by atoms with Crippen LogP contribution in [0.3, 0.4) is 0 Å². The van der Waals surface area contributed by atoms with Gasteiger partial charge in [-0.25, -0.2) is 0 Å². The number of benzene rings is 1. The van der Waals surface area contributed by atoms with E-state index < -0.39 is 0 Å². The van der Waals surface area contributed by atoms with E-state index in [1.165, 1.54) is 36.8 Å². The van der Waals surface area contributed by atoms with Gasteiger partial charge in [-0.2, -0.15) is 0 Å². The molecule has 2 aliphatic rings. The Morgan fingerprint density at radius 3 is 2.50 bits per heavy atom. The van der Waals surface area contributed by atoms with Gasteiger partial charge in [0.1, 0.15) is 0 Å². The summed E-state index contributed by atoms with van der Waals surface area (Å²) in [4.78, 5) is 2.71. The second-order valence-electron chi connectivity index (χ2n) is 6.88. The second kappa shape index (κ2) is 8.80. The quantitative estimate of drug-likeness (QED) is 0.517. The minimum Gasteiger partial charge on any atom is -0.353 e. The smallest absolute Gasteiger partial charge is 0.161 e. The molecule has 0 aromatic heterocycles. The molecule has 0 amide bonds. The van der Waals surface area contributed by atoms with E-state index in [0.717, 1.165) is 13.0 Å². The van der Waals surface area contributed by atoms with Gasteiger partial charge in [0, 0.05) is 38.3 Å². The minimum absolute atomic E-state index is 0.0763. The number of piperidine rings is 1. The number of rotatable bonds is 8. The third-order valence-electron chi connectivity index (χ3n) is 5.20. The van der Waals surface area contributed by atoms with Gasteiger partial charge in [-0.1, -0.05) is 48.4 Å². The van der Waals surface area contributed by atoms with E-state index in [1.54, 1.807) is 0 Å². The molecule has 2 atom stereocenters. The van der Waals surface area contributed by atoms with Crippen molar-refractivity contribution in [3.8, 4) is 0 Å². The zero-order valence-corrected chi connectivity index (χ0v) is 15.1. The van der Waals surface area contributed by atoms with Crippen molar-refractivity contribution >= 4 is 0 Å². The average molecular weight is 329 g/mol. The molecule has 1 saturated heterocycles. The van der Waals surface area contributed by atoms with Crippen LogP contribution in [0.25, 0.3) is 0 Å². The summed E-state index contributed by atoms with van der Waals surface area (Å²) in [6.07, 6.45) is 8.46. The number of hydrogen-bond donors (Lipinski definition) is 0. The van der Waals surface area contributed by atoms with Crippen molar-refractivity contribution in [2.45, 2.75) is 70.9 Å². The Morgan fingerprint density at radius 2 is 1.83 bits per heavy atom. The SMILES string of the molecule is CCOC(CC1=CC2CCCC(C1)N2Cc1ccccc1)OCC. The van der Waals surface area contributed by atoms with Gasteiger partial charge in [0.05, 0.1) is 0 Å². The summed E-state index contributed by atoms with van der Waals surface area (Å²) >= 11 is 0. The molecule has 132 valence electrons. The van der Waals surface area contributed by atoms with E-state index in [4.69, 9.17) is 9.47 Å². The van der Waals surface area contributed by atoms with Crippen molar-refractivity contribution in [1.82, 2.24) is 4.90 Å². The van der Waals surface area contributed by atoms with Crippen LogP contribution >= 0.6 is 0 Å². The second-order valence-corrected chi connectivity index (χ2v) is 6.88. The predicted octanol–water partition coefficient (Wildman–Crippen LogP) is 4.53. The highest BCUT2D eigenvalue weighted by molar-refractivity contribution is 5.20. The molecule has 0 spiro atoms.